The standard InChI is InChI=1S/C18H18N2O2/c1-13-6-8-14(9-7-13)10-11-19-18(21)12-16-15-4-2-3-5-17(15)22-20-16/h2-9H,10-12H2,1H3,(H,19,21). The van der Waals surface area contributed by atoms with Crippen LogP contribution in [0.25, 0.3) is 11.0 Å². The maximum atomic E-state index is 12.0. The van der Waals surface area contributed by atoms with Gasteiger partial charge < -0.3 is 9.84 Å². The van der Waals surface area contributed by atoms with Crippen LogP contribution >= 0.6 is 0 Å². The minimum Gasteiger partial charge on any atom is -0.356 e. The lowest BCUT2D eigenvalue weighted by molar-refractivity contribution is -0.120. The van der Waals surface area contributed by atoms with Gasteiger partial charge >= 0.3 is 0 Å². The molecule has 3 aromatic rings. The minimum absolute atomic E-state index is 0.0360. The highest BCUT2D eigenvalue weighted by atomic mass is 16.5. The second-order valence-corrected chi connectivity index (χ2v) is 5.39. The van der Waals surface area contributed by atoms with E-state index in [1.54, 1.807) is 0 Å². The van der Waals surface area contributed by atoms with Gasteiger partial charge in [0.05, 0.1) is 6.42 Å². The zero-order valence-electron chi connectivity index (χ0n) is 12.5. The summed E-state index contributed by atoms with van der Waals surface area (Å²) in [5.74, 6) is -0.0360. The van der Waals surface area contributed by atoms with E-state index >= 15 is 0 Å². The third kappa shape index (κ3) is 3.34. The number of amides is 1. The Morgan fingerprint density at radius 1 is 1.14 bits per heavy atom. The van der Waals surface area contributed by atoms with Crippen LogP contribution in [0.5, 0.6) is 0 Å². The molecule has 1 heterocycles. The molecule has 0 atom stereocenters. The van der Waals surface area contributed by atoms with E-state index in [0.29, 0.717) is 17.8 Å². The summed E-state index contributed by atoms with van der Waals surface area (Å²) in [6.45, 7) is 2.69. The molecule has 0 spiro atoms. The predicted octanol–water partition coefficient (Wildman–Crippen LogP) is 3.04. The van der Waals surface area contributed by atoms with E-state index < -0.39 is 0 Å². The lowest BCUT2D eigenvalue weighted by Crippen LogP contribution is -2.27. The van der Waals surface area contributed by atoms with Crippen LogP contribution in [0.1, 0.15) is 16.8 Å². The van der Waals surface area contributed by atoms with E-state index in [4.69, 9.17) is 4.52 Å². The summed E-state index contributed by atoms with van der Waals surface area (Å²) in [5.41, 5.74) is 3.86. The molecule has 0 aliphatic carbocycles. The summed E-state index contributed by atoms with van der Waals surface area (Å²) in [4.78, 5) is 12.0. The monoisotopic (exact) mass is 294 g/mol. The Morgan fingerprint density at radius 2 is 1.91 bits per heavy atom. The van der Waals surface area contributed by atoms with Crippen molar-refractivity contribution in [3.05, 3.63) is 65.4 Å². The third-order valence-corrected chi connectivity index (χ3v) is 3.64. The normalized spacial score (nSPS) is 10.8. The highest BCUT2D eigenvalue weighted by Crippen LogP contribution is 2.17. The molecule has 0 saturated carbocycles. The number of benzene rings is 2. The number of hydrogen-bond acceptors (Lipinski definition) is 3. The van der Waals surface area contributed by atoms with Crippen molar-refractivity contribution in [2.24, 2.45) is 0 Å². The van der Waals surface area contributed by atoms with Crippen LogP contribution in [0, 0.1) is 6.92 Å². The van der Waals surface area contributed by atoms with Gasteiger partial charge in [-0.15, -0.1) is 0 Å². The molecule has 4 nitrogen and oxygen atoms in total. The van der Waals surface area contributed by atoms with Crippen molar-refractivity contribution in [1.29, 1.82) is 0 Å². The Balaban J connectivity index is 1.53. The first-order chi connectivity index (χ1) is 10.7. The largest absolute Gasteiger partial charge is 0.356 e. The number of para-hydroxylation sites is 1. The molecule has 0 aliphatic rings. The first-order valence-corrected chi connectivity index (χ1v) is 7.38. The van der Waals surface area contributed by atoms with Gasteiger partial charge in [0.1, 0.15) is 5.69 Å². The molecule has 0 radical (unpaired) electrons. The van der Waals surface area contributed by atoms with Crippen molar-refractivity contribution in [3.63, 3.8) is 0 Å². The van der Waals surface area contributed by atoms with Gasteiger partial charge in [0.15, 0.2) is 5.58 Å². The van der Waals surface area contributed by atoms with Crippen molar-refractivity contribution >= 4 is 16.9 Å². The zero-order chi connectivity index (χ0) is 15.4. The molecule has 1 amide bonds. The fourth-order valence-electron chi connectivity index (χ4n) is 2.38. The summed E-state index contributed by atoms with van der Waals surface area (Å²) in [7, 11) is 0. The van der Waals surface area contributed by atoms with Gasteiger partial charge in [0.2, 0.25) is 5.91 Å². The highest BCUT2D eigenvalue weighted by Gasteiger charge is 2.11. The Hall–Kier alpha value is -2.62. The molecule has 22 heavy (non-hydrogen) atoms. The van der Waals surface area contributed by atoms with Gasteiger partial charge in [-0.2, -0.15) is 0 Å². The average Bonchev–Trinajstić information content (AvgIpc) is 2.93. The number of fused-ring (bicyclic) bond motifs is 1. The lowest BCUT2D eigenvalue weighted by Gasteiger charge is -2.05. The Bertz CT molecular complexity index is 775. The quantitative estimate of drug-likeness (QED) is 0.787. The number of carbonyl (C=O) groups is 1. The zero-order valence-corrected chi connectivity index (χ0v) is 12.5. The molecule has 0 fully saturated rings. The molecule has 0 saturated heterocycles. The Kier molecular flexibility index (Phi) is 4.19. The maximum Gasteiger partial charge on any atom is 0.226 e. The van der Waals surface area contributed by atoms with Gasteiger partial charge in [-0.25, -0.2) is 0 Å². The predicted molar refractivity (Wildman–Crippen MR) is 85.6 cm³/mol. The summed E-state index contributed by atoms with van der Waals surface area (Å²) >= 11 is 0. The summed E-state index contributed by atoms with van der Waals surface area (Å²) in [5, 5.41) is 7.80. The van der Waals surface area contributed by atoms with Crippen LogP contribution in [-0.2, 0) is 17.6 Å². The fourth-order valence-corrected chi connectivity index (χ4v) is 2.38. The summed E-state index contributed by atoms with van der Waals surface area (Å²) in [6, 6.07) is 15.9. The van der Waals surface area contributed by atoms with Crippen molar-refractivity contribution in [2.75, 3.05) is 6.54 Å². The SMILES string of the molecule is Cc1ccc(CCNC(=O)Cc2noc3ccccc23)cc1. The summed E-state index contributed by atoms with van der Waals surface area (Å²) < 4.78 is 5.20. The van der Waals surface area contributed by atoms with Crippen molar-refractivity contribution in [1.82, 2.24) is 10.5 Å². The molecule has 3 rings (SSSR count). The van der Waals surface area contributed by atoms with E-state index in [-0.39, 0.29) is 12.3 Å². The van der Waals surface area contributed by atoms with E-state index in [2.05, 4.69) is 41.7 Å². The molecule has 0 unspecified atom stereocenters. The fraction of sp³-hybridized carbons (Fsp3) is 0.222. The first-order valence-electron chi connectivity index (χ1n) is 7.38. The van der Waals surface area contributed by atoms with Crippen molar-refractivity contribution in [3.8, 4) is 0 Å². The van der Waals surface area contributed by atoms with Crippen molar-refractivity contribution < 1.29 is 9.32 Å². The molecular formula is C18H18N2O2. The van der Waals surface area contributed by atoms with Crippen LogP contribution in [0.2, 0.25) is 0 Å². The lowest BCUT2D eigenvalue weighted by atomic mass is 10.1. The van der Waals surface area contributed by atoms with E-state index in [1.165, 1.54) is 11.1 Å². The van der Waals surface area contributed by atoms with Gasteiger partial charge in [-0.05, 0) is 31.0 Å². The number of aromatic nitrogens is 1. The second kappa shape index (κ2) is 6.43. The number of nitrogens with zero attached hydrogens (tertiary/aromatic N) is 1. The average molecular weight is 294 g/mol. The van der Waals surface area contributed by atoms with Crippen LogP contribution in [0.4, 0.5) is 0 Å². The van der Waals surface area contributed by atoms with Crippen molar-refractivity contribution in [2.45, 2.75) is 19.8 Å². The number of rotatable bonds is 5. The van der Waals surface area contributed by atoms with Crippen LogP contribution in [0.15, 0.2) is 53.1 Å². The minimum atomic E-state index is -0.0360. The van der Waals surface area contributed by atoms with Gasteiger partial charge in [-0.3, -0.25) is 4.79 Å². The highest BCUT2D eigenvalue weighted by molar-refractivity contribution is 5.86. The second-order valence-electron chi connectivity index (χ2n) is 5.39. The van der Waals surface area contributed by atoms with E-state index in [1.807, 2.05) is 24.3 Å². The maximum absolute atomic E-state index is 12.0. The third-order valence-electron chi connectivity index (χ3n) is 3.64. The molecule has 112 valence electrons. The van der Waals surface area contributed by atoms with E-state index in [0.717, 1.165) is 11.8 Å². The first kappa shape index (κ1) is 14.3. The topological polar surface area (TPSA) is 55.1 Å². The molecule has 1 aromatic heterocycles. The van der Waals surface area contributed by atoms with Crippen LogP contribution in [-0.4, -0.2) is 17.6 Å². The van der Waals surface area contributed by atoms with Crippen LogP contribution < -0.4 is 5.32 Å². The number of nitrogens with one attached hydrogen (secondary N) is 1. The molecule has 1 N–H and O–H groups in total. The number of aryl methyl sites for hydroxylation is 1. The van der Waals surface area contributed by atoms with Gasteiger partial charge in [-0.1, -0.05) is 47.1 Å². The number of hydrogen-bond donors (Lipinski definition) is 1. The molecule has 2 aromatic carbocycles. The van der Waals surface area contributed by atoms with Gasteiger partial charge in [0, 0.05) is 11.9 Å². The Labute approximate surface area is 129 Å². The molecular weight excluding hydrogens is 276 g/mol. The van der Waals surface area contributed by atoms with Crippen LogP contribution in [0.3, 0.4) is 0 Å². The van der Waals surface area contributed by atoms with E-state index in [9.17, 15) is 4.79 Å². The molecule has 0 bridgehead atoms. The molecule has 0 aliphatic heterocycles. The number of carbonyl (C=O) groups excluding carboxylic acids is 1. The van der Waals surface area contributed by atoms with Gasteiger partial charge in [0.25, 0.3) is 0 Å². The smallest absolute Gasteiger partial charge is 0.226 e. The summed E-state index contributed by atoms with van der Waals surface area (Å²) in [6.07, 6.45) is 1.07. The Morgan fingerprint density at radius 3 is 2.73 bits per heavy atom. The molecule has 4 heteroatoms.